The van der Waals surface area contributed by atoms with Crippen molar-refractivity contribution in [2.45, 2.75) is 32.3 Å². The van der Waals surface area contributed by atoms with E-state index in [4.69, 9.17) is 4.74 Å². The fourth-order valence-electron chi connectivity index (χ4n) is 3.94. The Hall–Kier alpha value is -1.71. The molecule has 0 aliphatic carbocycles. The average molecular weight is 396 g/mol. The van der Waals surface area contributed by atoms with Crippen LogP contribution in [-0.4, -0.2) is 73.8 Å². The summed E-state index contributed by atoms with van der Waals surface area (Å²) in [4.78, 5) is 14.1. The van der Waals surface area contributed by atoms with E-state index in [2.05, 4.69) is 27.9 Å². The number of nitrogens with one attached hydrogen (secondary N) is 1. The zero-order valence-electron chi connectivity index (χ0n) is 16.6. The Kier molecular flexibility index (Phi) is 5.73. The number of H-pyrrole nitrogens is 1. The van der Waals surface area contributed by atoms with Crippen molar-refractivity contribution < 1.29 is 13.2 Å². The first-order valence-corrected chi connectivity index (χ1v) is 10.9. The summed E-state index contributed by atoms with van der Waals surface area (Å²) in [5.74, 6) is 1.20. The number of anilines is 1. The Balaban J connectivity index is 2.03. The van der Waals surface area contributed by atoms with Crippen LogP contribution in [0.15, 0.2) is 12.4 Å². The quantitative estimate of drug-likeness (QED) is 0.802. The number of rotatable bonds is 6. The lowest BCUT2D eigenvalue weighted by atomic mass is 9.81. The van der Waals surface area contributed by atoms with Gasteiger partial charge in [0, 0.05) is 45.9 Å². The summed E-state index contributed by atoms with van der Waals surface area (Å²) < 4.78 is 32.1. The van der Waals surface area contributed by atoms with Crippen molar-refractivity contribution in [3.63, 3.8) is 0 Å². The molecule has 0 saturated carbocycles. The Bertz CT molecular complexity index is 896. The first-order chi connectivity index (χ1) is 12.8. The van der Waals surface area contributed by atoms with Crippen molar-refractivity contribution in [3.05, 3.63) is 18.1 Å². The topological polar surface area (TPSA) is 91.4 Å². The second-order valence-corrected chi connectivity index (χ2v) is 9.59. The summed E-state index contributed by atoms with van der Waals surface area (Å²) in [6.07, 6.45) is 2.34. The molecule has 1 saturated heterocycles. The fraction of sp³-hybridized carbons (Fsp3) is 0.667. The molecule has 0 spiro atoms. The second-order valence-electron chi connectivity index (χ2n) is 7.34. The molecule has 27 heavy (non-hydrogen) atoms. The van der Waals surface area contributed by atoms with E-state index < -0.39 is 10.0 Å². The Morgan fingerprint density at radius 1 is 1.41 bits per heavy atom. The fourth-order valence-corrected chi connectivity index (χ4v) is 5.08. The summed E-state index contributed by atoms with van der Waals surface area (Å²) in [6.45, 7) is 4.73. The SMILES string of the molecule is CCS(=O)(=O)N1CCC([C@H](C)OC)C(c2cc3c(N(C)C)ncnc3[nH]2)C1. The molecule has 3 heterocycles. The van der Waals surface area contributed by atoms with Crippen LogP contribution in [0.3, 0.4) is 0 Å². The van der Waals surface area contributed by atoms with Crippen LogP contribution in [0.4, 0.5) is 5.82 Å². The van der Waals surface area contributed by atoms with Gasteiger partial charge >= 0.3 is 0 Å². The number of hydrogen-bond acceptors (Lipinski definition) is 6. The Labute approximate surface area is 161 Å². The normalized spacial score (nSPS) is 22.9. The van der Waals surface area contributed by atoms with E-state index in [1.807, 2.05) is 19.0 Å². The van der Waals surface area contributed by atoms with Crippen molar-refractivity contribution in [1.82, 2.24) is 19.3 Å². The maximum atomic E-state index is 12.4. The van der Waals surface area contributed by atoms with Gasteiger partial charge in [0.25, 0.3) is 0 Å². The van der Waals surface area contributed by atoms with E-state index in [0.29, 0.717) is 13.1 Å². The summed E-state index contributed by atoms with van der Waals surface area (Å²) >= 11 is 0. The third-order valence-corrected chi connectivity index (χ3v) is 7.46. The molecule has 1 aliphatic heterocycles. The highest BCUT2D eigenvalue weighted by Crippen LogP contribution is 2.38. The number of hydrogen-bond donors (Lipinski definition) is 1. The Morgan fingerprint density at radius 3 is 2.78 bits per heavy atom. The molecule has 1 aliphatic rings. The molecule has 2 aromatic rings. The van der Waals surface area contributed by atoms with Gasteiger partial charge in [-0.3, -0.25) is 0 Å². The molecule has 0 radical (unpaired) electrons. The van der Waals surface area contributed by atoms with Crippen molar-refractivity contribution in [2.75, 3.05) is 44.9 Å². The number of methoxy groups -OCH3 is 1. The van der Waals surface area contributed by atoms with Crippen molar-refractivity contribution in [2.24, 2.45) is 5.92 Å². The molecule has 9 heteroatoms. The highest BCUT2D eigenvalue weighted by Gasteiger charge is 2.38. The highest BCUT2D eigenvalue weighted by molar-refractivity contribution is 7.89. The maximum absolute atomic E-state index is 12.4. The van der Waals surface area contributed by atoms with Gasteiger partial charge in [-0.05, 0) is 32.3 Å². The van der Waals surface area contributed by atoms with Crippen molar-refractivity contribution in [3.8, 4) is 0 Å². The molecule has 8 nitrogen and oxygen atoms in total. The number of piperidine rings is 1. The monoisotopic (exact) mass is 395 g/mol. The summed E-state index contributed by atoms with van der Waals surface area (Å²) in [5.41, 5.74) is 1.75. The van der Waals surface area contributed by atoms with Gasteiger partial charge < -0.3 is 14.6 Å². The summed E-state index contributed by atoms with van der Waals surface area (Å²) in [7, 11) is 2.37. The average Bonchev–Trinajstić information content (AvgIpc) is 3.10. The van der Waals surface area contributed by atoms with Gasteiger partial charge in [0.05, 0.1) is 17.2 Å². The van der Waals surface area contributed by atoms with Crippen LogP contribution >= 0.6 is 0 Å². The van der Waals surface area contributed by atoms with Crippen LogP contribution in [-0.2, 0) is 14.8 Å². The summed E-state index contributed by atoms with van der Waals surface area (Å²) in [6, 6.07) is 2.06. The van der Waals surface area contributed by atoms with Crippen molar-refractivity contribution in [1.29, 1.82) is 0 Å². The zero-order chi connectivity index (χ0) is 19.8. The van der Waals surface area contributed by atoms with Gasteiger partial charge in [0.15, 0.2) is 0 Å². The predicted octanol–water partition coefficient (Wildman–Crippen LogP) is 1.81. The molecule has 2 aromatic heterocycles. The lowest BCUT2D eigenvalue weighted by Crippen LogP contribution is -2.46. The molecular weight excluding hydrogens is 366 g/mol. The van der Waals surface area contributed by atoms with E-state index in [0.717, 1.165) is 29.0 Å². The minimum Gasteiger partial charge on any atom is -0.381 e. The van der Waals surface area contributed by atoms with Crippen LogP contribution in [0.1, 0.15) is 31.9 Å². The number of nitrogens with zero attached hydrogens (tertiary/aromatic N) is 4. The molecule has 0 aromatic carbocycles. The van der Waals surface area contributed by atoms with E-state index >= 15 is 0 Å². The molecule has 0 bridgehead atoms. The highest BCUT2D eigenvalue weighted by atomic mass is 32.2. The lowest BCUT2D eigenvalue weighted by molar-refractivity contribution is 0.0330. The van der Waals surface area contributed by atoms with Crippen LogP contribution in [0.25, 0.3) is 11.0 Å². The number of aromatic amines is 1. The van der Waals surface area contributed by atoms with Gasteiger partial charge in [-0.2, -0.15) is 0 Å². The molecular formula is C18H29N5O3S. The summed E-state index contributed by atoms with van der Waals surface area (Å²) in [5, 5.41) is 0.941. The molecule has 1 fully saturated rings. The van der Waals surface area contributed by atoms with Gasteiger partial charge in [-0.1, -0.05) is 0 Å². The van der Waals surface area contributed by atoms with Crippen LogP contribution in [0.5, 0.6) is 0 Å². The molecule has 2 unspecified atom stereocenters. The number of fused-ring (bicyclic) bond motifs is 1. The van der Waals surface area contributed by atoms with E-state index in [1.165, 1.54) is 0 Å². The zero-order valence-corrected chi connectivity index (χ0v) is 17.5. The van der Waals surface area contributed by atoms with E-state index in [-0.39, 0.29) is 23.7 Å². The third-order valence-electron chi connectivity index (χ3n) is 5.61. The Morgan fingerprint density at radius 2 is 2.15 bits per heavy atom. The van der Waals surface area contributed by atoms with Gasteiger partial charge in [0.2, 0.25) is 10.0 Å². The van der Waals surface area contributed by atoms with Crippen molar-refractivity contribution >= 4 is 26.9 Å². The van der Waals surface area contributed by atoms with E-state index in [9.17, 15) is 8.42 Å². The molecule has 1 N–H and O–H groups in total. The van der Waals surface area contributed by atoms with Crippen LogP contribution in [0, 0.1) is 5.92 Å². The minimum atomic E-state index is -3.23. The predicted molar refractivity (Wildman–Crippen MR) is 107 cm³/mol. The maximum Gasteiger partial charge on any atom is 0.213 e. The van der Waals surface area contributed by atoms with E-state index in [1.54, 1.807) is 24.7 Å². The first-order valence-electron chi connectivity index (χ1n) is 9.30. The van der Waals surface area contributed by atoms with Crippen LogP contribution < -0.4 is 4.90 Å². The van der Waals surface area contributed by atoms with Gasteiger partial charge in [-0.25, -0.2) is 22.7 Å². The second kappa shape index (κ2) is 7.73. The smallest absolute Gasteiger partial charge is 0.213 e. The molecule has 3 atom stereocenters. The first kappa shape index (κ1) is 20.0. The van der Waals surface area contributed by atoms with Gasteiger partial charge in [-0.15, -0.1) is 0 Å². The molecule has 150 valence electrons. The number of aromatic nitrogens is 3. The molecule has 0 amide bonds. The van der Waals surface area contributed by atoms with Gasteiger partial charge in [0.1, 0.15) is 17.8 Å². The van der Waals surface area contributed by atoms with Crippen LogP contribution in [0.2, 0.25) is 0 Å². The molecule has 3 rings (SSSR count). The third kappa shape index (κ3) is 3.81. The number of sulfonamides is 1. The minimum absolute atomic E-state index is 0.0132. The standard InChI is InChI=1S/C18H29N5O3S/c1-6-27(24,25)23-8-7-13(12(2)26-5)15(10-23)16-9-14-17(21-16)19-11-20-18(14)22(3)4/h9,11-13,15H,6-8,10H2,1-5H3,(H,19,20,21)/t12-,13?,15?/m0/s1. The lowest BCUT2D eigenvalue weighted by Gasteiger charge is -2.39. The largest absolute Gasteiger partial charge is 0.381 e. The number of ether oxygens (including phenoxy) is 1.